The van der Waals surface area contributed by atoms with Gasteiger partial charge in [-0.3, -0.25) is 4.40 Å². The second-order valence-corrected chi connectivity index (χ2v) is 10.4. The highest BCUT2D eigenvalue weighted by atomic mass is 15.1. The monoisotopic (exact) mass is 474 g/mol. The first-order valence-corrected chi connectivity index (χ1v) is 14.3. The van der Waals surface area contributed by atoms with Gasteiger partial charge in [0.05, 0.1) is 16.6 Å². The molecule has 4 heteroatoms. The zero-order chi connectivity index (χ0) is 24.9. The Kier molecular flexibility index (Phi) is 11.4. The van der Waals surface area contributed by atoms with Gasteiger partial charge < -0.3 is 5.32 Å². The number of rotatable bonds is 17. The maximum absolute atomic E-state index is 9.87. The summed E-state index contributed by atoms with van der Waals surface area (Å²) in [5.74, 6) is 1.32. The summed E-state index contributed by atoms with van der Waals surface area (Å²) in [6, 6.07) is 12.7. The van der Waals surface area contributed by atoms with Gasteiger partial charge in [0.25, 0.3) is 0 Å². The first-order valence-electron chi connectivity index (χ1n) is 14.3. The lowest BCUT2D eigenvalue weighted by Gasteiger charge is -2.15. The van der Waals surface area contributed by atoms with Gasteiger partial charge in [0.1, 0.15) is 11.9 Å². The molecule has 0 spiro atoms. The third kappa shape index (κ3) is 7.72. The molecular formula is C31H46N4. The Balaban J connectivity index is 1.42. The van der Waals surface area contributed by atoms with Crippen molar-refractivity contribution in [1.29, 1.82) is 5.26 Å². The molecule has 0 fully saturated rings. The Bertz CT molecular complexity index is 1070. The number of unbranched alkanes of at least 4 members (excludes halogenated alkanes) is 13. The van der Waals surface area contributed by atoms with Crippen LogP contribution in [0.2, 0.25) is 0 Å². The van der Waals surface area contributed by atoms with Crippen LogP contribution in [0, 0.1) is 11.3 Å². The minimum atomic E-state index is 0.274. The molecule has 0 atom stereocenters. The van der Waals surface area contributed by atoms with Gasteiger partial charge in [-0.25, -0.2) is 4.98 Å². The maximum Gasteiger partial charge on any atom is 0.157 e. The number of hydrogen-bond acceptors (Lipinski definition) is 3. The molecule has 0 amide bonds. The van der Waals surface area contributed by atoms with E-state index in [9.17, 15) is 5.26 Å². The number of fused-ring (bicyclic) bond motifs is 3. The van der Waals surface area contributed by atoms with Gasteiger partial charge >= 0.3 is 0 Å². The van der Waals surface area contributed by atoms with Crippen molar-refractivity contribution >= 4 is 22.5 Å². The number of pyridine rings is 1. The van der Waals surface area contributed by atoms with Crippen molar-refractivity contribution in [3.8, 4) is 6.07 Å². The van der Waals surface area contributed by atoms with Crippen LogP contribution in [-0.2, 0) is 0 Å². The number of benzene rings is 1. The quantitative estimate of drug-likeness (QED) is 0.198. The number of anilines is 1. The molecule has 0 aliphatic carbocycles. The molecule has 1 N–H and O–H groups in total. The van der Waals surface area contributed by atoms with Crippen LogP contribution in [0.15, 0.2) is 30.3 Å². The number of nitrogens with zero attached hydrogens (tertiary/aromatic N) is 3. The fourth-order valence-corrected chi connectivity index (χ4v) is 5.09. The fraction of sp³-hybridized carbons (Fsp3) is 0.613. The number of hydrogen-bond donors (Lipinski definition) is 1. The molecule has 3 rings (SSSR count). The first kappa shape index (κ1) is 27.1. The van der Waals surface area contributed by atoms with E-state index >= 15 is 0 Å². The Morgan fingerprint density at radius 3 is 2.00 bits per heavy atom. The third-order valence-electron chi connectivity index (χ3n) is 7.18. The van der Waals surface area contributed by atoms with Crippen molar-refractivity contribution in [3.05, 3.63) is 41.5 Å². The van der Waals surface area contributed by atoms with Crippen molar-refractivity contribution in [2.24, 2.45) is 0 Å². The molecule has 2 heterocycles. The summed E-state index contributed by atoms with van der Waals surface area (Å²) in [5, 5.41) is 13.5. The van der Waals surface area contributed by atoms with E-state index in [0.717, 1.165) is 34.6 Å². The van der Waals surface area contributed by atoms with Gasteiger partial charge in [0.2, 0.25) is 0 Å². The number of para-hydroxylation sites is 2. The van der Waals surface area contributed by atoms with Crippen LogP contribution in [0.25, 0.3) is 16.7 Å². The molecule has 35 heavy (non-hydrogen) atoms. The van der Waals surface area contributed by atoms with Crippen molar-refractivity contribution in [1.82, 2.24) is 9.38 Å². The van der Waals surface area contributed by atoms with Crippen molar-refractivity contribution in [2.45, 2.75) is 117 Å². The smallest absolute Gasteiger partial charge is 0.157 e. The Labute approximate surface area is 213 Å². The SMILES string of the molecule is CCCCCCCCCCCCCCCCNc1cc(C(C)C)c(C#N)c2nc3ccccc3n12. The van der Waals surface area contributed by atoms with E-state index in [1.807, 2.05) is 18.2 Å². The van der Waals surface area contributed by atoms with Gasteiger partial charge in [-0.05, 0) is 36.1 Å². The number of imidazole rings is 1. The lowest BCUT2D eigenvalue weighted by molar-refractivity contribution is 0.537. The van der Waals surface area contributed by atoms with Gasteiger partial charge in [0, 0.05) is 6.54 Å². The maximum atomic E-state index is 9.87. The largest absolute Gasteiger partial charge is 0.371 e. The van der Waals surface area contributed by atoms with Crippen molar-refractivity contribution in [2.75, 3.05) is 11.9 Å². The molecule has 0 aliphatic rings. The van der Waals surface area contributed by atoms with Crippen LogP contribution in [0.3, 0.4) is 0 Å². The van der Waals surface area contributed by atoms with Gasteiger partial charge in [-0.2, -0.15) is 5.26 Å². The van der Waals surface area contributed by atoms with Crippen LogP contribution >= 0.6 is 0 Å². The second-order valence-electron chi connectivity index (χ2n) is 10.4. The summed E-state index contributed by atoms with van der Waals surface area (Å²) >= 11 is 0. The molecular weight excluding hydrogens is 428 g/mol. The lowest BCUT2D eigenvalue weighted by Crippen LogP contribution is -2.09. The molecule has 0 aliphatic heterocycles. The van der Waals surface area contributed by atoms with Gasteiger partial charge in [-0.1, -0.05) is 116 Å². The molecule has 0 saturated carbocycles. The highest BCUT2D eigenvalue weighted by molar-refractivity contribution is 5.85. The number of aromatic nitrogens is 2. The molecule has 1 aromatic carbocycles. The predicted octanol–water partition coefficient (Wildman–Crippen LogP) is 9.38. The summed E-state index contributed by atoms with van der Waals surface area (Å²) in [5.41, 5.74) is 4.52. The zero-order valence-corrected chi connectivity index (χ0v) is 22.4. The van der Waals surface area contributed by atoms with Gasteiger partial charge in [-0.15, -0.1) is 0 Å². The minimum absolute atomic E-state index is 0.274. The van der Waals surface area contributed by atoms with Crippen LogP contribution in [-0.4, -0.2) is 15.9 Å². The topological polar surface area (TPSA) is 53.1 Å². The zero-order valence-electron chi connectivity index (χ0n) is 22.4. The molecule has 0 bridgehead atoms. The van der Waals surface area contributed by atoms with Gasteiger partial charge in [0.15, 0.2) is 5.65 Å². The second kappa shape index (κ2) is 14.8. The summed E-state index contributed by atoms with van der Waals surface area (Å²) in [4.78, 5) is 4.81. The molecule has 3 aromatic rings. The van der Waals surface area contributed by atoms with E-state index in [2.05, 4.69) is 48.7 Å². The van der Waals surface area contributed by atoms with E-state index in [0.29, 0.717) is 5.56 Å². The van der Waals surface area contributed by atoms with E-state index in [4.69, 9.17) is 4.98 Å². The average molecular weight is 475 g/mol. The van der Waals surface area contributed by atoms with E-state index in [1.54, 1.807) is 0 Å². The highest BCUT2D eigenvalue weighted by Gasteiger charge is 2.18. The number of nitrogens with one attached hydrogen (secondary N) is 1. The molecule has 0 radical (unpaired) electrons. The summed E-state index contributed by atoms with van der Waals surface area (Å²) in [6.07, 6.45) is 19.3. The Morgan fingerprint density at radius 1 is 0.857 bits per heavy atom. The minimum Gasteiger partial charge on any atom is -0.371 e. The molecule has 0 unspecified atom stereocenters. The molecule has 4 nitrogen and oxygen atoms in total. The van der Waals surface area contributed by atoms with Crippen molar-refractivity contribution in [3.63, 3.8) is 0 Å². The molecule has 2 aromatic heterocycles. The van der Waals surface area contributed by atoms with E-state index in [-0.39, 0.29) is 5.92 Å². The average Bonchev–Trinajstić information content (AvgIpc) is 3.25. The highest BCUT2D eigenvalue weighted by Crippen LogP contribution is 2.30. The predicted molar refractivity (Wildman–Crippen MR) is 150 cm³/mol. The van der Waals surface area contributed by atoms with Crippen LogP contribution < -0.4 is 5.32 Å². The molecule has 190 valence electrons. The number of nitriles is 1. The van der Waals surface area contributed by atoms with Crippen LogP contribution in [0.4, 0.5) is 5.82 Å². The lowest BCUT2D eigenvalue weighted by atomic mass is 9.99. The van der Waals surface area contributed by atoms with E-state index in [1.165, 1.54) is 89.9 Å². The Morgan fingerprint density at radius 2 is 1.43 bits per heavy atom. The fourth-order valence-electron chi connectivity index (χ4n) is 5.09. The first-order chi connectivity index (χ1) is 17.2. The molecule has 0 saturated heterocycles. The van der Waals surface area contributed by atoms with Crippen LogP contribution in [0.5, 0.6) is 0 Å². The Hall–Kier alpha value is -2.54. The summed E-state index contributed by atoms with van der Waals surface area (Å²) in [7, 11) is 0. The normalized spacial score (nSPS) is 11.5. The summed E-state index contributed by atoms with van der Waals surface area (Å²) in [6.45, 7) is 7.52. The van der Waals surface area contributed by atoms with Crippen molar-refractivity contribution < 1.29 is 0 Å². The van der Waals surface area contributed by atoms with Crippen LogP contribution in [0.1, 0.15) is 128 Å². The third-order valence-corrected chi connectivity index (χ3v) is 7.18. The summed E-state index contributed by atoms with van der Waals surface area (Å²) < 4.78 is 2.13. The standard InChI is InChI=1S/C31H46N4/c1-4-5-6-7-8-9-10-11-12-13-14-15-16-19-22-33-30-23-26(25(2)3)27(24-32)31-34-28-20-17-18-21-29(28)35(30)31/h17-18,20-21,23,25,33H,4-16,19,22H2,1-3H3. The van der Waals surface area contributed by atoms with E-state index < -0.39 is 0 Å².